The molecule has 1 aromatic carbocycles. The van der Waals surface area contributed by atoms with E-state index in [0.29, 0.717) is 11.9 Å². The van der Waals surface area contributed by atoms with Crippen LogP contribution in [-0.4, -0.2) is 16.5 Å². The molecule has 0 fully saturated rings. The lowest BCUT2D eigenvalue weighted by Gasteiger charge is -2.07. The molecule has 0 atom stereocenters. The smallest absolute Gasteiger partial charge is 0.222 e. The van der Waals surface area contributed by atoms with Crippen LogP contribution in [0.3, 0.4) is 0 Å². The highest BCUT2D eigenvalue weighted by Crippen LogP contribution is 2.19. The van der Waals surface area contributed by atoms with Crippen LogP contribution in [0.25, 0.3) is 11.1 Å². The molecule has 0 amide bonds. The number of hydrogen-bond donors (Lipinski definition) is 1. The Bertz CT molecular complexity index is 501. The largest absolute Gasteiger partial charge is 0.355 e. The van der Waals surface area contributed by atoms with E-state index >= 15 is 0 Å². The predicted molar refractivity (Wildman–Crippen MR) is 80.2 cm³/mol. The predicted octanol–water partition coefficient (Wildman–Crippen LogP) is 3.77. The third-order valence-corrected chi connectivity index (χ3v) is 2.92. The number of rotatable bonds is 5. The molecule has 0 saturated carbocycles. The molecule has 0 radical (unpaired) electrons. The highest BCUT2D eigenvalue weighted by molar-refractivity contribution is 5.62. The minimum absolute atomic E-state index is 0.683. The van der Waals surface area contributed by atoms with Gasteiger partial charge in [0.05, 0.1) is 0 Å². The van der Waals surface area contributed by atoms with Crippen molar-refractivity contribution in [2.75, 3.05) is 11.9 Å². The molecule has 100 valence electrons. The molecule has 0 spiro atoms. The van der Waals surface area contributed by atoms with Gasteiger partial charge in [-0.15, -0.1) is 0 Å². The van der Waals surface area contributed by atoms with E-state index in [1.807, 2.05) is 19.3 Å². The van der Waals surface area contributed by atoms with E-state index in [9.17, 15) is 0 Å². The summed E-state index contributed by atoms with van der Waals surface area (Å²) in [5.41, 5.74) is 3.59. The van der Waals surface area contributed by atoms with Crippen molar-refractivity contribution >= 4 is 5.95 Å². The lowest BCUT2D eigenvalue weighted by atomic mass is 10.0. The van der Waals surface area contributed by atoms with Crippen molar-refractivity contribution < 1.29 is 0 Å². The first-order chi connectivity index (χ1) is 9.19. The van der Waals surface area contributed by atoms with Crippen molar-refractivity contribution in [1.29, 1.82) is 0 Å². The van der Waals surface area contributed by atoms with Gasteiger partial charge in [-0.1, -0.05) is 38.1 Å². The maximum Gasteiger partial charge on any atom is 0.222 e. The van der Waals surface area contributed by atoms with Gasteiger partial charge in [0.25, 0.3) is 0 Å². The van der Waals surface area contributed by atoms with E-state index in [-0.39, 0.29) is 0 Å². The van der Waals surface area contributed by atoms with Gasteiger partial charge in [0, 0.05) is 24.5 Å². The van der Waals surface area contributed by atoms with Gasteiger partial charge in [-0.3, -0.25) is 0 Å². The van der Waals surface area contributed by atoms with E-state index in [1.165, 1.54) is 5.56 Å². The number of nitrogens with one attached hydrogen (secondary N) is 1. The Balaban J connectivity index is 2.13. The van der Waals surface area contributed by atoms with E-state index in [0.717, 1.165) is 24.1 Å². The van der Waals surface area contributed by atoms with Crippen LogP contribution in [0.5, 0.6) is 0 Å². The fourth-order valence-electron chi connectivity index (χ4n) is 2.03. The van der Waals surface area contributed by atoms with E-state index in [2.05, 4.69) is 53.4 Å². The third-order valence-electron chi connectivity index (χ3n) is 2.92. The van der Waals surface area contributed by atoms with Crippen molar-refractivity contribution in [1.82, 2.24) is 9.97 Å². The summed E-state index contributed by atoms with van der Waals surface area (Å²) in [6.07, 6.45) is 4.85. The maximum atomic E-state index is 4.29. The number of anilines is 1. The quantitative estimate of drug-likeness (QED) is 0.883. The van der Waals surface area contributed by atoms with Crippen LogP contribution >= 0.6 is 0 Å². The van der Waals surface area contributed by atoms with Crippen LogP contribution in [0, 0.1) is 5.92 Å². The summed E-state index contributed by atoms with van der Waals surface area (Å²) in [6.45, 7) is 7.34. The summed E-state index contributed by atoms with van der Waals surface area (Å²) >= 11 is 0. The van der Waals surface area contributed by atoms with Crippen molar-refractivity contribution in [3.8, 4) is 11.1 Å². The summed E-state index contributed by atoms with van der Waals surface area (Å²) < 4.78 is 0. The normalized spacial score (nSPS) is 10.7. The molecular weight excluding hydrogens is 234 g/mol. The van der Waals surface area contributed by atoms with Gasteiger partial charge >= 0.3 is 0 Å². The molecule has 0 saturated heterocycles. The topological polar surface area (TPSA) is 37.8 Å². The summed E-state index contributed by atoms with van der Waals surface area (Å²) in [7, 11) is 0. The lowest BCUT2D eigenvalue weighted by molar-refractivity contribution is 0.647. The molecule has 0 aliphatic heterocycles. The molecule has 2 aromatic rings. The number of benzene rings is 1. The van der Waals surface area contributed by atoms with Gasteiger partial charge in [0.1, 0.15) is 0 Å². The van der Waals surface area contributed by atoms with Gasteiger partial charge in [0.2, 0.25) is 5.95 Å². The molecule has 0 bridgehead atoms. The van der Waals surface area contributed by atoms with E-state index in [1.54, 1.807) is 0 Å². The number of hydrogen-bond acceptors (Lipinski definition) is 3. The van der Waals surface area contributed by atoms with E-state index < -0.39 is 0 Å². The van der Waals surface area contributed by atoms with Gasteiger partial charge in [0.15, 0.2) is 0 Å². The van der Waals surface area contributed by atoms with Gasteiger partial charge in [-0.25, -0.2) is 9.97 Å². The molecule has 0 unspecified atom stereocenters. The fourth-order valence-corrected chi connectivity index (χ4v) is 2.03. The first-order valence-electron chi connectivity index (χ1n) is 6.84. The SMILES string of the molecule is CCNc1ncc(-c2ccc(CC(C)C)cc2)cn1. The monoisotopic (exact) mass is 255 g/mol. The van der Waals surface area contributed by atoms with Crippen molar-refractivity contribution in [2.24, 2.45) is 5.92 Å². The Kier molecular flexibility index (Phi) is 4.50. The molecule has 3 nitrogen and oxygen atoms in total. The molecule has 3 heteroatoms. The van der Waals surface area contributed by atoms with Crippen molar-refractivity contribution in [3.63, 3.8) is 0 Å². The van der Waals surface area contributed by atoms with Crippen LogP contribution in [0.2, 0.25) is 0 Å². The molecule has 1 heterocycles. The number of aromatic nitrogens is 2. The lowest BCUT2D eigenvalue weighted by Crippen LogP contribution is -2.01. The van der Waals surface area contributed by atoms with Crippen LogP contribution in [-0.2, 0) is 6.42 Å². The van der Waals surface area contributed by atoms with Gasteiger partial charge in [-0.05, 0) is 30.4 Å². The second-order valence-electron chi connectivity index (χ2n) is 5.12. The average molecular weight is 255 g/mol. The van der Waals surface area contributed by atoms with Crippen molar-refractivity contribution in [3.05, 3.63) is 42.2 Å². The Morgan fingerprint density at radius 2 is 1.63 bits per heavy atom. The van der Waals surface area contributed by atoms with Crippen LogP contribution in [0.4, 0.5) is 5.95 Å². The Hall–Kier alpha value is -1.90. The maximum absolute atomic E-state index is 4.29. The Morgan fingerprint density at radius 1 is 1.00 bits per heavy atom. The zero-order valence-corrected chi connectivity index (χ0v) is 11.9. The standard InChI is InChI=1S/C16H21N3/c1-4-17-16-18-10-15(11-19-16)14-7-5-13(6-8-14)9-12(2)3/h5-8,10-12H,4,9H2,1-3H3,(H,17,18,19). The average Bonchev–Trinajstić information content (AvgIpc) is 2.40. The minimum Gasteiger partial charge on any atom is -0.355 e. The van der Waals surface area contributed by atoms with Gasteiger partial charge < -0.3 is 5.32 Å². The van der Waals surface area contributed by atoms with E-state index in [4.69, 9.17) is 0 Å². The molecule has 1 aromatic heterocycles. The summed E-state index contributed by atoms with van der Waals surface area (Å²) in [5, 5.41) is 3.09. The molecular formula is C16H21N3. The fraction of sp³-hybridized carbons (Fsp3) is 0.375. The van der Waals surface area contributed by atoms with Crippen LogP contribution in [0.1, 0.15) is 26.3 Å². The van der Waals surface area contributed by atoms with Crippen LogP contribution in [0.15, 0.2) is 36.7 Å². The zero-order valence-electron chi connectivity index (χ0n) is 11.9. The first-order valence-corrected chi connectivity index (χ1v) is 6.84. The summed E-state index contributed by atoms with van der Waals surface area (Å²) in [5.74, 6) is 1.37. The molecule has 2 rings (SSSR count). The molecule has 0 aliphatic carbocycles. The second-order valence-corrected chi connectivity index (χ2v) is 5.12. The summed E-state index contributed by atoms with van der Waals surface area (Å²) in [6, 6.07) is 8.66. The van der Waals surface area contributed by atoms with Crippen molar-refractivity contribution in [2.45, 2.75) is 27.2 Å². The molecule has 1 N–H and O–H groups in total. The summed E-state index contributed by atoms with van der Waals surface area (Å²) in [4.78, 5) is 8.59. The number of nitrogens with zero attached hydrogens (tertiary/aromatic N) is 2. The zero-order chi connectivity index (χ0) is 13.7. The van der Waals surface area contributed by atoms with Gasteiger partial charge in [-0.2, -0.15) is 0 Å². The molecule has 19 heavy (non-hydrogen) atoms. The Morgan fingerprint density at radius 3 is 2.16 bits per heavy atom. The molecule has 0 aliphatic rings. The third kappa shape index (κ3) is 3.78. The Labute approximate surface area is 115 Å². The second kappa shape index (κ2) is 6.32. The highest BCUT2D eigenvalue weighted by atomic mass is 15.1. The van der Waals surface area contributed by atoms with Crippen LogP contribution < -0.4 is 5.32 Å². The first kappa shape index (κ1) is 13.5. The highest BCUT2D eigenvalue weighted by Gasteiger charge is 2.02. The minimum atomic E-state index is 0.683.